The van der Waals surface area contributed by atoms with Crippen LogP contribution < -0.4 is 10.6 Å². The standard InChI is InChI=1S/C25H27Cl2N3O4S/c1-15(21-4-3-5-22(26)24(21)27)28-25(32)29-18-7-11-20(12-8-18)35(33,34)14-17-6-9-19-10-13-23(17)30(19)16(2)31/h3-8,11-12,15,19,23H,9-10,13-14H2,1-2H3,(H2,28,29,32). The average Bonchev–Trinajstić information content (AvgIpc) is 3.13. The van der Waals surface area contributed by atoms with Crippen LogP contribution in [-0.4, -0.2) is 43.1 Å². The van der Waals surface area contributed by atoms with Crippen LogP contribution in [0.15, 0.2) is 59.0 Å². The van der Waals surface area contributed by atoms with Crippen molar-refractivity contribution in [2.45, 2.75) is 56.1 Å². The highest BCUT2D eigenvalue weighted by Gasteiger charge is 2.40. The third kappa shape index (κ3) is 5.50. The Morgan fingerprint density at radius 2 is 1.83 bits per heavy atom. The summed E-state index contributed by atoms with van der Waals surface area (Å²) in [5, 5.41) is 6.27. The van der Waals surface area contributed by atoms with Gasteiger partial charge >= 0.3 is 6.03 Å². The fourth-order valence-electron chi connectivity index (χ4n) is 4.88. The number of amides is 3. The van der Waals surface area contributed by atoms with Crippen LogP contribution in [0.4, 0.5) is 10.5 Å². The highest BCUT2D eigenvalue weighted by atomic mass is 35.5. The first-order valence-electron chi connectivity index (χ1n) is 11.4. The molecule has 10 heteroatoms. The van der Waals surface area contributed by atoms with Crippen LogP contribution in [0.25, 0.3) is 0 Å². The molecule has 2 N–H and O–H groups in total. The second-order valence-electron chi connectivity index (χ2n) is 8.93. The molecule has 3 unspecified atom stereocenters. The Kier molecular flexibility index (Phi) is 7.45. The first-order chi connectivity index (χ1) is 16.6. The van der Waals surface area contributed by atoms with Crippen molar-refractivity contribution in [2.24, 2.45) is 0 Å². The summed E-state index contributed by atoms with van der Waals surface area (Å²) in [6, 6.07) is 10.4. The minimum absolute atomic E-state index is 0.0128. The van der Waals surface area contributed by atoms with Gasteiger partial charge in [0.2, 0.25) is 5.91 Å². The Balaban J connectivity index is 1.39. The van der Waals surface area contributed by atoms with E-state index in [0.717, 1.165) is 18.4 Å². The van der Waals surface area contributed by atoms with Crippen LogP contribution in [0.1, 0.15) is 44.7 Å². The molecule has 2 bridgehead atoms. The van der Waals surface area contributed by atoms with E-state index in [0.29, 0.717) is 27.7 Å². The summed E-state index contributed by atoms with van der Waals surface area (Å²) in [7, 11) is -3.60. The molecule has 0 aliphatic carbocycles. The SMILES string of the molecule is CC(=O)N1C2CC=C(CS(=O)(=O)c3ccc(NC(=O)NC(C)c4cccc(Cl)c4Cl)cc3)C1CC2. The maximum Gasteiger partial charge on any atom is 0.319 e. The third-order valence-corrected chi connectivity index (χ3v) is 9.11. The number of benzene rings is 2. The summed E-state index contributed by atoms with van der Waals surface area (Å²) in [5.41, 5.74) is 1.91. The van der Waals surface area contributed by atoms with Gasteiger partial charge in [0, 0.05) is 18.7 Å². The quantitative estimate of drug-likeness (QED) is 0.486. The van der Waals surface area contributed by atoms with Crippen LogP contribution in [0.5, 0.6) is 0 Å². The van der Waals surface area contributed by atoms with E-state index >= 15 is 0 Å². The number of carbonyl (C=O) groups excluding carboxylic acids is 2. The van der Waals surface area contributed by atoms with E-state index in [1.807, 2.05) is 11.0 Å². The molecule has 2 heterocycles. The molecule has 0 radical (unpaired) electrons. The van der Waals surface area contributed by atoms with Gasteiger partial charge in [-0.1, -0.05) is 41.4 Å². The van der Waals surface area contributed by atoms with E-state index in [4.69, 9.17) is 23.2 Å². The second kappa shape index (κ2) is 10.2. The molecule has 2 aliphatic heterocycles. The van der Waals surface area contributed by atoms with Gasteiger partial charge in [0.1, 0.15) is 0 Å². The predicted octanol–water partition coefficient (Wildman–Crippen LogP) is 5.36. The lowest BCUT2D eigenvalue weighted by Gasteiger charge is -2.34. The average molecular weight is 536 g/mol. The number of fused-ring (bicyclic) bond motifs is 2. The smallest absolute Gasteiger partial charge is 0.319 e. The number of hydrogen-bond donors (Lipinski definition) is 2. The number of urea groups is 1. The highest BCUT2D eigenvalue weighted by molar-refractivity contribution is 7.91. The van der Waals surface area contributed by atoms with Crippen LogP contribution in [0.3, 0.4) is 0 Å². The summed E-state index contributed by atoms with van der Waals surface area (Å²) in [5.74, 6) is -0.138. The molecule has 35 heavy (non-hydrogen) atoms. The van der Waals surface area contributed by atoms with Gasteiger partial charge in [-0.3, -0.25) is 4.79 Å². The number of carbonyl (C=O) groups is 2. The van der Waals surface area contributed by atoms with Gasteiger partial charge in [0.15, 0.2) is 9.84 Å². The Bertz CT molecular complexity index is 1280. The fraction of sp³-hybridized carbons (Fsp3) is 0.360. The molecule has 7 nitrogen and oxygen atoms in total. The van der Waals surface area contributed by atoms with Gasteiger partial charge in [0.05, 0.1) is 32.8 Å². The van der Waals surface area contributed by atoms with E-state index in [1.54, 1.807) is 37.3 Å². The van der Waals surface area contributed by atoms with E-state index in [1.165, 1.54) is 19.1 Å². The van der Waals surface area contributed by atoms with E-state index in [-0.39, 0.29) is 28.6 Å². The van der Waals surface area contributed by atoms with Gasteiger partial charge in [-0.15, -0.1) is 0 Å². The predicted molar refractivity (Wildman–Crippen MR) is 138 cm³/mol. The first kappa shape index (κ1) is 25.5. The molecule has 4 rings (SSSR count). The number of anilines is 1. The molecule has 1 saturated heterocycles. The lowest BCUT2D eigenvalue weighted by Crippen LogP contribution is -2.44. The number of nitrogens with zero attached hydrogens (tertiary/aromatic N) is 1. The van der Waals surface area contributed by atoms with Crippen molar-refractivity contribution < 1.29 is 18.0 Å². The number of hydrogen-bond acceptors (Lipinski definition) is 4. The van der Waals surface area contributed by atoms with E-state index < -0.39 is 21.9 Å². The Morgan fingerprint density at radius 3 is 2.51 bits per heavy atom. The largest absolute Gasteiger partial charge is 0.333 e. The topological polar surface area (TPSA) is 95.6 Å². The minimum atomic E-state index is -3.60. The lowest BCUT2D eigenvalue weighted by molar-refractivity contribution is -0.131. The van der Waals surface area contributed by atoms with Gasteiger partial charge in [-0.25, -0.2) is 13.2 Å². The monoisotopic (exact) mass is 535 g/mol. The van der Waals surface area contributed by atoms with Gasteiger partial charge in [0.25, 0.3) is 0 Å². The molecule has 0 aromatic heterocycles. The number of nitrogens with one attached hydrogen (secondary N) is 2. The molecule has 0 saturated carbocycles. The zero-order valence-corrected chi connectivity index (χ0v) is 21.8. The van der Waals surface area contributed by atoms with Gasteiger partial charge in [-0.2, -0.15) is 0 Å². The number of rotatable bonds is 6. The van der Waals surface area contributed by atoms with E-state index in [9.17, 15) is 18.0 Å². The van der Waals surface area contributed by atoms with Crippen LogP contribution in [0, 0.1) is 0 Å². The number of halogens is 2. The van der Waals surface area contributed by atoms with Crippen molar-refractivity contribution in [3.8, 4) is 0 Å². The molecule has 2 aromatic rings. The van der Waals surface area contributed by atoms with Crippen molar-refractivity contribution in [1.82, 2.24) is 10.2 Å². The Labute approximate surface area is 215 Å². The summed E-state index contributed by atoms with van der Waals surface area (Å²) in [6.07, 6.45) is 4.36. The zero-order chi connectivity index (χ0) is 25.3. The summed E-state index contributed by atoms with van der Waals surface area (Å²) in [4.78, 5) is 26.5. The Hall–Kier alpha value is -2.55. The first-order valence-corrected chi connectivity index (χ1v) is 13.8. The van der Waals surface area contributed by atoms with E-state index in [2.05, 4.69) is 10.6 Å². The molecule has 3 atom stereocenters. The maximum absolute atomic E-state index is 13.1. The third-order valence-electron chi connectivity index (χ3n) is 6.57. The van der Waals surface area contributed by atoms with Gasteiger partial charge in [-0.05, 0) is 67.7 Å². The van der Waals surface area contributed by atoms with Crippen LogP contribution in [0.2, 0.25) is 10.0 Å². The summed E-state index contributed by atoms with van der Waals surface area (Å²) < 4.78 is 26.2. The second-order valence-corrected chi connectivity index (χ2v) is 11.7. The molecule has 1 fully saturated rings. The summed E-state index contributed by atoms with van der Waals surface area (Å²) in [6.45, 7) is 3.32. The molecular weight excluding hydrogens is 509 g/mol. The lowest BCUT2D eigenvalue weighted by atomic mass is 10.0. The minimum Gasteiger partial charge on any atom is -0.333 e. The van der Waals surface area contributed by atoms with Crippen molar-refractivity contribution in [3.63, 3.8) is 0 Å². The normalized spacial score (nSPS) is 20.2. The van der Waals surface area contributed by atoms with Crippen LogP contribution >= 0.6 is 23.2 Å². The van der Waals surface area contributed by atoms with Gasteiger partial charge < -0.3 is 15.5 Å². The molecule has 186 valence electrons. The summed E-state index contributed by atoms with van der Waals surface area (Å²) >= 11 is 12.3. The van der Waals surface area contributed by atoms with Crippen LogP contribution in [-0.2, 0) is 14.6 Å². The number of sulfone groups is 1. The molecular formula is C25H27Cl2N3O4S. The maximum atomic E-state index is 13.1. The molecule has 0 spiro atoms. The van der Waals surface area contributed by atoms with Crippen molar-refractivity contribution in [3.05, 3.63) is 69.7 Å². The Morgan fingerprint density at radius 1 is 1.11 bits per heavy atom. The van der Waals surface area contributed by atoms with Crippen molar-refractivity contribution >= 4 is 50.7 Å². The zero-order valence-electron chi connectivity index (χ0n) is 19.4. The highest BCUT2D eigenvalue weighted by Crippen LogP contribution is 2.37. The molecule has 2 aliphatic rings. The van der Waals surface area contributed by atoms with Crippen molar-refractivity contribution in [1.29, 1.82) is 0 Å². The molecule has 3 amide bonds. The fourth-order valence-corrected chi connectivity index (χ4v) is 6.82. The van der Waals surface area contributed by atoms with Crippen molar-refractivity contribution in [2.75, 3.05) is 11.1 Å². The molecule has 2 aromatic carbocycles.